The van der Waals surface area contributed by atoms with E-state index in [-0.39, 0.29) is 6.10 Å². The summed E-state index contributed by atoms with van der Waals surface area (Å²) in [6.07, 6.45) is 0.286. The van der Waals surface area contributed by atoms with E-state index >= 15 is 0 Å². The highest BCUT2D eigenvalue weighted by molar-refractivity contribution is 5.73. The van der Waals surface area contributed by atoms with Crippen molar-refractivity contribution in [2.45, 2.75) is 65.7 Å². The molecule has 0 heterocycles. The molecule has 120 valence electrons. The van der Waals surface area contributed by atoms with Crippen molar-refractivity contribution >= 4 is 5.97 Å². The van der Waals surface area contributed by atoms with Gasteiger partial charge in [-0.05, 0) is 13.8 Å². The molecular formula is C12H27F3O4. The minimum absolute atomic E-state index is 0.167. The standard InChI is InChI=1S/C6H14.C3H8O.C2HF3O2.CH4O/c1-3-5-6-4-2;1-3(2)4;3-2(4,5)1(6)7;1-2/h3-6H2,1-2H3;3-4H,1-2H3;(H,6,7);2H,1H3. The Bertz CT molecular complexity index is 164. The van der Waals surface area contributed by atoms with Gasteiger partial charge in [-0.1, -0.05) is 39.5 Å². The summed E-state index contributed by atoms with van der Waals surface area (Å²) >= 11 is 0. The van der Waals surface area contributed by atoms with Gasteiger partial charge in [0.2, 0.25) is 0 Å². The Kier molecular flexibility index (Phi) is 27.4. The Labute approximate surface area is 113 Å². The van der Waals surface area contributed by atoms with E-state index in [1.807, 2.05) is 0 Å². The Morgan fingerprint density at radius 3 is 1.26 bits per heavy atom. The smallest absolute Gasteiger partial charge is 0.475 e. The molecule has 0 saturated heterocycles. The molecule has 0 bridgehead atoms. The molecule has 0 aromatic heterocycles. The number of aliphatic carboxylic acids is 1. The third-order valence-corrected chi connectivity index (χ3v) is 1.20. The number of hydrogen-bond acceptors (Lipinski definition) is 3. The zero-order chi connectivity index (χ0) is 16.5. The fraction of sp³-hybridized carbons (Fsp3) is 0.917. The number of rotatable bonds is 3. The molecule has 0 aromatic rings. The highest BCUT2D eigenvalue weighted by Crippen LogP contribution is 2.13. The van der Waals surface area contributed by atoms with E-state index < -0.39 is 12.1 Å². The number of hydrogen-bond donors (Lipinski definition) is 3. The Balaban J connectivity index is -0.0000000858. The van der Waals surface area contributed by atoms with Crippen molar-refractivity contribution in [3.8, 4) is 0 Å². The fourth-order valence-corrected chi connectivity index (χ4v) is 0.500. The van der Waals surface area contributed by atoms with Crippen LogP contribution in [-0.4, -0.2) is 40.7 Å². The third kappa shape index (κ3) is 59.2. The zero-order valence-electron chi connectivity index (χ0n) is 12.3. The summed E-state index contributed by atoms with van der Waals surface area (Å²) in [5.74, 6) is -2.76. The number of carboxylic acids is 1. The highest BCUT2D eigenvalue weighted by atomic mass is 19.4. The largest absolute Gasteiger partial charge is 0.490 e. The van der Waals surface area contributed by atoms with Gasteiger partial charge in [-0.2, -0.15) is 13.2 Å². The van der Waals surface area contributed by atoms with Crippen LogP contribution in [0.4, 0.5) is 13.2 Å². The summed E-state index contributed by atoms with van der Waals surface area (Å²) < 4.78 is 31.7. The van der Waals surface area contributed by atoms with E-state index in [1.165, 1.54) is 25.7 Å². The van der Waals surface area contributed by atoms with Gasteiger partial charge in [-0.3, -0.25) is 0 Å². The van der Waals surface area contributed by atoms with Crippen molar-refractivity contribution in [1.29, 1.82) is 0 Å². The van der Waals surface area contributed by atoms with Crippen LogP contribution in [-0.2, 0) is 4.79 Å². The number of halogens is 3. The lowest BCUT2D eigenvalue weighted by Crippen LogP contribution is -2.21. The lowest BCUT2D eigenvalue weighted by molar-refractivity contribution is -0.192. The van der Waals surface area contributed by atoms with E-state index in [0.717, 1.165) is 7.11 Å². The molecule has 0 radical (unpaired) electrons. The number of aliphatic hydroxyl groups is 2. The summed E-state index contributed by atoms with van der Waals surface area (Å²) in [4.78, 5) is 8.90. The molecule has 0 aliphatic rings. The van der Waals surface area contributed by atoms with Gasteiger partial charge in [-0.25, -0.2) is 4.79 Å². The maximum Gasteiger partial charge on any atom is 0.490 e. The molecule has 19 heavy (non-hydrogen) atoms. The van der Waals surface area contributed by atoms with E-state index in [0.29, 0.717) is 0 Å². The van der Waals surface area contributed by atoms with Crippen LogP contribution >= 0.6 is 0 Å². The maximum atomic E-state index is 10.6. The molecule has 0 rings (SSSR count). The SMILES string of the molecule is CC(C)O.CCCCCC.CO.O=C(O)C(F)(F)F. The quantitative estimate of drug-likeness (QED) is 0.698. The van der Waals surface area contributed by atoms with Gasteiger partial charge in [0.1, 0.15) is 0 Å². The van der Waals surface area contributed by atoms with Crippen LogP contribution < -0.4 is 0 Å². The minimum atomic E-state index is -5.08. The first-order valence-corrected chi connectivity index (χ1v) is 6.02. The van der Waals surface area contributed by atoms with Crippen molar-refractivity contribution in [2.24, 2.45) is 0 Å². The van der Waals surface area contributed by atoms with Crippen LogP contribution in [0.5, 0.6) is 0 Å². The first-order valence-electron chi connectivity index (χ1n) is 6.02. The molecule has 7 heteroatoms. The van der Waals surface area contributed by atoms with E-state index in [2.05, 4.69) is 13.8 Å². The summed E-state index contributed by atoms with van der Waals surface area (Å²) in [6, 6.07) is 0. The number of aliphatic hydroxyl groups excluding tert-OH is 2. The summed E-state index contributed by atoms with van der Waals surface area (Å²) in [7, 11) is 1.00. The van der Waals surface area contributed by atoms with E-state index in [4.69, 9.17) is 20.1 Å². The molecule has 3 N–H and O–H groups in total. The Morgan fingerprint density at radius 1 is 1.05 bits per heavy atom. The van der Waals surface area contributed by atoms with Gasteiger partial charge in [0.15, 0.2) is 0 Å². The van der Waals surface area contributed by atoms with Crippen molar-refractivity contribution in [3.63, 3.8) is 0 Å². The zero-order valence-corrected chi connectivity index (χ0v) is 12.3. The molecule has 0 spiro atoms. The molecule has 4 nitrogen and oxygen atoms in total. The van der Waals surface area contributed by atoms with Crippen LogP contribution in [0.3, 0.4) is 0 Å². The van der Waals surface area contributed by atoms with Crippen LogP contribution in [0.25, 0.3) is 0 Å². The molecule has 0 aromatic carbocycles. The van der Waals surface area contributed by atoms with Gasteiger partial charge >= 0.3 is 12.1 Å². The predicted octanol–water partition coefficient (Wildman–Crippen LogP) is 3.22. The number of carbonyl (C=O) groups is 1. The average Bonchev–Trinajstić information content (AvgIpc) is 2.28. The lowest BCUT2D eigenvalue weighted by Gasteiger charge is -1.93. The van der Waals surface area contributed by atoms with Crippen LogP contribution in [0, 0.1) is 0 Å². The van der Waals surface area contributed by atoms with Crippen LogP contribution in [0.1, 0.15) is 53.4 Å². The molecule has 0 saturated carbocycles. The second-order valence-electron chi connectivity index (χ2n) is 3.60. The molecule has 0 aliphatic carbocycles. The van der Waals surface area contributed by atoms with Gasteiger partial charge < -0.3 is 15.3 Å². The maximum absolute atomic E-state index is 10.6. The van der Waals surface area contributed by atoms with Crippen molar-refractivity contribution < 1.29 is 33.3 Å². The number of carboxylic acid groups (broad SMARTS) is 1. The number of alkyl halides is 3. The summed E-state index contributed by atoms with van der Waals surface area (Å²) in [5.41, 5.74) is 0. The first kappa shape index (κ1) is 26.7. The van der Waals surface area contributed by atoms with Crippen molar-refractivity contribution in [1.82, 2.24) is 0 Å². The van der Waals surface area contributed by atoms with Crippen LogP contribution in [0.2, 0.25) is 0 Å². The topological polar surface area (TPSA) is 77.8 Å². The minimum Gasteiger partial charge on any atom is -0.475 e. The van der Waals surface area contributed by atoms with Crippen molar-refractivity contribution in [3.05, 3.63) is 0 Å². The molecule has 0 unspecified atom stereocenters. The van der Waals surface area contributed by atoms with Gasteiger partial charge in [0.25, 0.3) is 0 Å². The summed E-state index contributed by atoms with van der Waals surface area (Å²) in [6.45, 7) is 7.91. The Hall–Kier alpha value is -0.820. The van der Waals surface area contributed by atoms with Gasteiger partial charge in [0, 0.05) is 13.2 Å². The van der Waals surface area contributed by atoms with E-state index in [9.17, 15) is 13.2 Å². The van der Waals surface area contributed by atoms with Gasteiger partial charge in [-0.15, -0.1) is 0 Å². The molecule has 0 amide bonds. The highest BCUT2D eigenvalue weighted by Gasteiger charge is 2.38. The fourth-order valence-electron chi connectivity index (χ4n) is 0.500. The second-order valence-corrected chi connectivity index (χ2v) is 3.60. The average molecular weight is 292 g/mol. The van der Waals surface area contributed by atoms with Crippen LogP contribution in [0.15, 0.2) is 0 Å². The Morgan fingerprint density at radius 2 is 1.21 bits per heavy atom. The molecule has 0 atom stereocenters. The molecule has 0 aliphatic heterocycles. The molecular weight excluding hydrogens is 265 g/mol. The normalized spacial score (nSPS) is 9.21. The third-order valence-electron chi connectivity index (χ3n) is 1.20. The molecule has 0 fully saturated rings. The monoisotopic (exact) mass is 292 g/mol. The lowest BCUT2D eigenvalue weighted by atomic mass is 10.2. The number of unbranched alkanes of at least 4 members (excludes halogenated alkanes) is 3. The summed E-state index contributed by atoms with van der Waals surface area (Å²) in [5, 5.41) is 22.2. The van der Waals surface area contributed by atoms with Gasteiger partial charge in [0.05, 0.1) is 0 Å². The second kappa shape index (κ2) is 19.5. The first-order chi connectivity index (χ1) is 8.59. The predicted molar refractivity (Wildman–Crippen MR) is 69.0 cm³/mol. The van der Waals surface area contributed by atoms with E-state index in [1.54, 1.807) is 13.8 Å². The van der Waals surface area contributed by atoms with Crippen molar-refractivity contribution in [2.75, 3.05) is 7.11 Å².